The van der Waals surface area contributed by atoms with Gasteiger partial charge >= 0.3 is 12.3 Å². The molecule has 8 nitrogen and oxygen atoms in total. The van der Waals surface area contributed by atoms with Crippen molar-refractivity contribution in [3.63, 3.8) is 0 Å². The monoisotopic (exact) mass is 581 g/mol. The molecule has 40 heavy (non-hydrogen) atoms. The fourth-order valence-electron chi connectivity index (χ4n) is 3.56. The van der Waals surface area contributed by atoms with E-state index in [1.807, 2.05) is 0 Å². The van der Waals surface area contributed by atoms with E-state index in [1.54, 1.807) is 19.2 Å². The van der Waals surface area contributed by atoms with Crippen LogP contribution in [0.3, 0.4) is 0 Å². The predicted octanol–water partition coefficient (Wildman–Crippen LogP) is 7.03. The van der Waals surface area contributed by atoms with E-state index in [0.29, 0.717) is 35.8 Å². The van der Waals surface area contributed by atoms with Gasteiger partial charge in [0.25, 0.3) is 0 Å². The lowest BCUT2D eigenvalue weighted by Gasteiger charge is -2.16. The van der Waals surface area contributed by atoms with Gasteiger partial charge in [0.1, 0.15) is 30.5 Å². The molecule has 0 atom stereocenters. The van der Waals surface area contributed by atoms with Gasteiger partial charge in [-0.2, -0.15) is 22.5 Å². The fraction of sp³-hybridized carbons (Fsp3) is 0.259. The Morgan fingerprint density at radius 1 is 0.825 bits per heavy atom. The molecular formula is C27H24ClF4N3O5. The first-order chi connectivity index (χ1) is 19.2. The maximum atomic E-state index is 14.4. The van der Waals surface area contributed by atoms with Crippen LogP contribution in [0, 0.1) is 6.08 Å². The number of rotatable bonds is 12. The Hall–Kier alpha value is -3.87. The molecule has 212 valence electrons. The zero-order chi connectivity index (χ0) is 28.7. The van der Waals surface area contributed by atoms with Crippen molar-refractivity contribution >= 4 is 34.0 Å². The Bertz CT molecular complexity index is 1470. The number of hydrogen-bond donors (Lipinski definition) is 1. The van der Waals surface area contributed by atoms with Crippen molar-refractivity contribution in [3.8, 4) is 23.0 Å². The van der Waals surface area contributed by atoms with Gasteiger partial charge in [0.05, 0.1) is 29.3 Å². The molecule has 0 saturated carbocycles. The van der Waals surface area contributed by atoms with Crippen molar-refractivity contribution in [3.05, 3.63) is 71.3 Å². The minimum atomic E-state index is -4.52. The van der Waals surface area contributed by atoms with E-state index in [2.05, 4.69) is 15.3 Å². The van der Waals surface area contributed by atoms with Gasteiger partial charge in [0.2, 0.25) is 0 Å². The molecule has 13 heteroatoms. The number of fused-ring (bicyclic) bond motifs is 1. The van der Waals surface area contributed by atoms with Crippen LogP contribution in [0.15, 0.2) is 54.6 Å². The fourth-order valence-corrected chi connectivity index (χ4v) is 3.78. The number of alkyl halides is 3. The minimum Gasteiger partial charge on any atom is -0.487 e. The van der Waals surface area contributed by atoms with Crippen LogP contribution in [0.25, 0.3) is 10.9 Å². The van der Waals surface area contributed by atoms with Crippen LogP contribution >= 0.6 is 11.6 Å². The van der Waals surface area contributed by atoms with Crippen LogP contribution in [0.1, 0.15) is 5.56 Å². The smallest absolute Gasteiger partial charge is 0.416 e. The van der Waals surface area contributed by atoms with E-state index < -0.39 is 17.8 Å². The van der Waals surface area contributed by atoms with Gasteiger partial charge in [-0.15, -0.1) is 0 Å². The molecule has 1 aromatic heterocycles. The first-order valence-corrected chi connectivity index (χ1v) is 12.2. The average Bonchev–Trinajstić information content (AvgIpc) is 2.90. The number of nitrogens with one attached hydrogen (secondary N) is 1. The van der Waals surface area contributed by atoms with Crippen molar-refractivity contribution < 1.29 is 41.2 Å². The SMILES string of the molecule is COCCOc1cc2nc(F)nc(Nc3ccc(Oc4cccc(C(F)(F)F)c4)c(Cl)c3)c2cc1OCCOC. The lowest BCUT2D eigenvalue weighted by Crippen LogP contribution is -2.09. The van der Waals surface area contributed by atoms with E-state index in [4.69, 9.17) is 35.3 Å². The van der Waals surface area contributed by atoms with Crippen molar-refractivity contribution in [1.82, 2.24) is 9.97 Å². The summed E-state index contributed by atoms with van der Waals surface area (Å²) in [4.78, 5) is 7.75. The lowest BCUT2D eigenvalue weighted by molar-refractivity contribution is -0.137. The number of halogens is 5. The molecule has 0 radical (unpaired) electrons. The van der Waals surface area contributed by atoms with Crippen molar-refractivity contribution in [2.24, 2.45) is 0 Å². The molecule has 0 unspecified atom stereocenters. The molecule has 0 amide bonds. The molecule has 0 saturated heterocycles. The number of anilines is 2. The molecule has 0 aliphatic heterocycles. The van der Waals surface area contributed by atoms with Gasteiger partial charge < -0.3 is 29.0 Å². The largest absolute Gasteiger partial charge is 0.487 e. The molecule has 0 fully saturated rings. The molecule has 1 N–H and O–H groups in total. The number of aromatic nitrogens is 2. The molecule has 3 aromatic carbocycles. The highest BCUT2D eigenvalue weighted by Crippen LogP contribution is 2.38. The summed E-state index contributed by atoms with van der Waals surface area (Å²) < 4.78 is 80.6. The summed E-state index contributed by atoms with van der Waals surface area (Å²) in [6.07, 6.45) is -5.50. The predicted molar refractivity (Wildman–Crippen MR) is 140 cm³/mol. The Morgan fingerprint density at radius 2 is 1.52 bits per heavy atom. The quantitative estimate of drug-likeness (QED) is 0.108. The summed E-state index contributed by atoms with van der Waals surface area (Å²) in [5.74, 6) is 0.901. The third kappa shape index (κ3) is 7.40. The maximum absolute atomic E-state index is 14.4. The van der Waals surface area contributed by atoms with Gasteiger partial charge in [0, 0.05) is 31.4 Å². The van der Waals surface area contributed by atoms with Gasteiger partial charge in [-0.3, -0.25) is 0 Å². The summed E-state index contributed by atoms with van der Waals surface area (Å²) in [6, 6.07) is 12.1. The summed E-state index contributed by atoms with van der Waals surface area (Å²) in [5.41, 5.74) is -0.199. The van der Waals surface area contributed by atoms with Crippen molar-refractivity contribution in [2.45, 2.75) is 6.18 Å². The van der Waals surface area contributed by atoms with Crippen LogP contribution in [-0.4, -0.2) is 50.6 Å². The van der Waals surface area contributed by atoms with Gasteiger partial charge in [-0.25, -0.2) is 4.98 Å². The topological polar surface area (TPSA) is 84.0 Å². The van der Waals surface area contributed by atoms with E-state index >= 15 is 0 Å². The van der Waals surface area contributed by atoms with Crippen molar-refractivity contribution in [2.75, 3.05) is 46.0 Å². The molecular weight excluding hydrogens is 558 g/mol. The van der Waals surface area contributed by atoms with Crippen LogP contribution in [0.5, 0.6) is 23.0 Å². The van der Waals surface area contributed by atoms with Gasteiger partial charge in [-0.05, 0) is 42.5 Å². The number of hydrogen-bond acceptors (Lipinski definition) is 8. The summed E-state index contributed by atoms with van der Waals surface area (Å²) in [7, 11) is 3.08. The Labute approximate surface area is 231 Å². The first kappa shape index (κ1) is 29.1. The van der Waals surface area contributed by atoms with Crippen LogP contribution in [0.2, 0.25) is 5.02 Å². The molecule has 0 aliphatic rings. The lowest BCUT2D eigenvalue weighted by atomic mass is 10.2. The molecule has 1 heterocycles. The maximum Gasteiger partial charge on any atom is 0.416 e. The Morgan fingerprint density at radius 3 is 2.17 bits per heavy atom. The van der Waals surface area contributed by atoms with Crippen LogP contribution in [0.4, 0.5) is 29.1 Å². The minimum absolute atomic E-state index is 0.0363. The second kappa shape index (κ2) is 13.0. The highest BCUT2D eigenvalue weighted by atomic mass is 35.5. The average molecular weight is 582 g/mol. The molecule has 0 spiro atoms. The highest BCUT2D eigenvalue weighted by molar-refractivity contribution is 6.32. The molecule has 0 aliphatic carbocycles. The van der Waals surface area contributed by atoms with Crippen LogP contribution in [-0.2, 0) is 15.7 Å². The molecule has 4 aromatic rings. The van der Waals surface area contributed by atoms with E-state index in [0.717, 1.165) is 12.1 Å². The summed E-state index contributed by atoms with van der Waals surface area (Å²) in [5, 5.41) is 3.51. The number of nitrogens with zero attached hydrogens (tertiary/aromatic N) is 2. The number of benzene rings is 3. The Kier molecular flexibility index (Phi) is 9.46. The zero-order valence-corrected chi connectivity index (χ0v) is 22.1. The summed E-state index contributed by atoms with van der Waals surface area (Å²) in [6.45, 7) is 1.12. The van der Waals surface area contributed by atoms with Gasteiger partial charge in [-0.1, -0.05) is 17.7 Å². The second-order valence-electron chi connectivity index (χ2n) is 8.24. The van der Waals surface area contributed by atoms with E-state index in [1.165, 1.54) is 37.4 Å². The van der Waals surface area contributed by atoms with E-state index in [-0.39, 0.29) is 41.1 Å². The Balaban J connectivity index is 1.61. The standard InChI is InChI=1S/C27H24ClF4N3O5/c1-36-8-10-38-23-14-19-21(15-24(23)39-11-9-37-2)34-26(29)35-25(19)33-17-6-7-22(20(28)13-17)40-18-5-3-4-16(12-18)27(30,31)32/h3-7,12-15H,8-11H2,1-2H3,(H,33,34,35). The first-order valence-electron chi connectivity index (χ1n) is 11.8. The highest BCUT2D eigenvalue weighted by Gasteiger charge is 2.30. The normalized spacial score (nSPS) is 11.5. The van der Waals surface area contributed by atoms with E-state index in [9.17, 15) is 17.6 Å². The third-order valence-electron chi connectivity index (χ3n) is 5.41. The van der Waals surface area contributed by atoms with Gasteiger partial charge in [0.15, 0.2) is 11.5 Å². The third-order valence-corrected chi connectivity index (χ3v) is 5.70. The van der Waals surface area contributed by atoms with Crippen molar-refractivity contribution in [1.29, 1.82) is 0 Å². The number of ether oxygens (including phenoxy) is 5. The molecule has 4 rings (SSSR count). The summed E-state index contributed by atoms with van der Waals surface area (Å²) >= 11 is 6.35. The van der Waals surface area contributed by atoms with Crippen LogP contribution < -0.4 is 19.5 Å². The zero-order valence-electron chi connectivity index (χ0n) is 21.4. The second-order valence-corrected chi connectivity index (χ2v) is 8.64. The number of methoxy groups -OCH3 is 2. The molecule has 0 bridgehead atoms.